The molecule has 0 aliphatic carbocycles. The van der Waals surface area contributed by atoms with Crippen molar-refractivity contribution in [3.05, 3.63) is 42.2 Å². The topological polar surface area (TPSA) is 63.3 Å². The lowest BCUT2D eigenvalue weighted by Crippen LogP contribution is -1.93. The van der Waals surface area contributed by atoms with E-state index in [0.29, 0.717) is 5.69 Å². The fourth-order valence-corrected chi connectivity index (χ4v) is 1.10. The van der Waals surface area contributed by atoms with E-state index in [2.05, 4.69) is 15.5 Å². The lowest BCUT2D eigenvalue weighted by atomic mass is 10.3. The van der Waals surface area contributed by atoms with Gasteiger partial charge in [-0.2, -0.15) is 0 Å². The molecule has 2 rings (SSSR count). The molecule has 2 aromatic rings. The predicted molar refractivity (Wildman–Crippen MR) is 50.7 cm³/mol. The first-order valence-electron chi connectivity index (χ1n) is 4.05. The molecule has 0 saturated heterocycles. The maximum Gasteiger partial charge on any atom is 0.127 e. The lowest BCUT2D eigenvalue weighted by molar-refractivity contribution is 0.321. The molecule has 1 N–H and O–H groups in total. The molecule has 5 heteroatoms. The highest BCUT2D eigenvalue weighted by atomic mass is 16.4. The van der Waals surface area contributed by atoms with Crippen molar-refractivity contribution in [3.8, 4) is 5.69 Å². The Morgan fingerprint density at radius 2 is 2.07 bits per heavy atom. The molecule has 70 valence electrons. The maximum atomic E-state index is 8.29. The fourth-order valence-electron chi connectivity index (χ4n) is 1.10. The first kappa shape index (κ1) is 8.43. The van der Waals surface area contributed by atoms with Crippen molar-refractivity contribution < 1.29 is 5.21 Å². The minimum absolute atomic E-state index is 0.511. The molecular formula is C9H8N4O. The Kier molecular flexibility index (Phi) is 2.22. The number of aromatic nitrogens is 3. The van der Waals surface area contributed by atoms with Gasteiger partial charge in [0.25, 0.3) is 0 Å². The zero-order valence-corrected chi connectivity index (χ0v) is 7.28. The van der Waals surface area contributed by atoms with Crippen molar-refractivity contribution in [1.29, 1.82) is 0 Å². The molecule has 1 aromatic carbocycles. The Labute approximate surface area is 80.3 Å². The minimum atomic E-state index is 0.511. The third kappa shape index (κ3) is 1.61. The molecule has 1 heterocycles. The average molecular weight is 188 g/mol. The maximum absolute atomic E-state index is 8.29. The van der Waals surface area contributed by atoms with Crippen LogP contribution in [0.15, 0.2) is 41.7 Å². The largest absolute Gasteiger partial charge is 0.411 e. The highest BCUT2D eigenvalue weighted by Crippen LogP contribution is 2.04. The van der Waals surface area contributed by atoms with Crippen LogP contribution in [-0.4, -0.2) is 26.4 Å². The van der Waals surface area contributed by atoms with Crippen LogP contribution in [0, 0.1) is 0 Å². The number of oxime groups is 1. The van der Waals surface area contributed by atoms with Gasteiger partial charge < -0.3 is 5.21 Å². The second kappa shape index (κ2) is 3.69. The summed E-state index contributed by atoms with van der Waals surface area (Å²) in [7, 11) is 0. The molecule has 0 aliphatic heterocycles. The summed E-state index contributed by atoms with van der Waals surface area (Å²) in [6.45, 7) is 0. The molecule has 14 heavy (non-hydrogen) atoms. The van der Waals surface area contributed by atoms with Crippen LogP contribution >= 0.6 is 0 Å². The Morgan fingerprint density at radius 1 is 1.29 bits per heavy atom. The summed E-state index contributed by atoms with van der Waals surface area (Å²) in [4.78, 5) is 0. The zero-order chi connectivity index (χ0) is 9.80. The molecule has 0 atom stereocenters. The quantitative estimate of drug-likeness (QED) is 0.435. The second-order valence-corrected chi connectivity index (χ2v) is 2.67. The van der Waals surface area contributed by atoms with Crippen LogP contribution in [-0.2, 0) is 0 Å². The summed E-state index contributed by atoms with van der Waals surface area (Å²) >= 11 is 0. The van der Waals surface area contributed by atoms with Gasteiger partial charge in [0.15, 0.2) is 0 Å². The summed E-state index contributed by atoms with van der Waals surface area (Å²) in [6.07, 6.45) is 2.90. The molecule has 0 bridgehead atoms. The summed E-state index contributed by atoms with van der Waals surface area (Å²) in [5, 5.41) is 18.8. The summed E-state index contributed by atoms with van der Waals surface area (Å²) < 4.78 is 1.61. The first-order chi connectivity index (χ1) is 6.90. The van der Waals surface area contributed by atoms with Crippen LogP contribution in [0.5, 0.6) is 0 Å². The number of benzene rings is 1. The van der Waals surface area contributed by atoms with E-state index in [1.165, 1.54) is 6.21 Å². The smallest absolute Gasteiger partial charge is 0.127 e. The van der Waals surface area contributed by atoms with Gasteiger partial charge in [-0.1, -0.05) is 28.6 Å². The van der Waals surface area contributed by atoms with E-state index in [-0.39, 0.29) is 0 Å². The third-order valence-electron chi connectivity index (χ3n) is 1.72. The second-order valence-electron chi connectivity index (χ2n) is 2.67. The van der Waals surface area contributed by atoms with Gasteiger partial charge in [-0.15, -0.1) is 5.10 Å². The van der Waals surface area contributed by atoms with Crippen molar-refractivity contribution >= 4 is 6.21 Å². The van der Waals surface area contributed by atoms with E-state index in [0.717, 1.165) is 5.69 Å². The summed E-state index contributed by atoms with van der Waals surface area (Å²) in [5.41, 5.74) is 1.42. The van der Waals surface area contributed by atoms with Crippen LogP contribution in [0.25, 0.3) is 5.69 Å². The van der Waals surface area contributed by atoms with Crippen molar-refractivity contribution in [2.45, 2.75) is 0 Å². The summed E-state index contributed by atoms with van der Waals surface area (Å²) in [5.74, 6) is 0. The molecular weight excluding hydrogens is 180 g/mol. The van der Waals surface area contributed by atoms with E-state index in [9.17, 15) is 0 Å². The monoisotopic (exact) mass is 188 g/mol. The molecule has 0 amide bonds. The van der Waals surface area contributed by atoms with E-state index in [4.69, 9.17) is 5.21 Å². The van der Waals surface area contributed by atoms with Crippen molar-refractivity contribution in [1.82, 2.24) is 15.0 Å². The Balaban J connectivity index is 2.34. The molecule has 0 radical (unpaired) electrons. The molecule has 0 unspecified atom stereocenters. The number of hydrogen-bond donors (Lipinski definition) is 1. The molecule has 0 aliphatic rings. The lowest BCUT2D eigenvalue weighted by Gasteiger charge is -1.96. The van der Waals surface area contributed by atoms with E-state index in [1.54, 1.807) is 10.9 Å². The van der Waals surface area contributed by atoms with E-state index < -0.39 is 0 Å². The van der Waals surface area contributed by atoms with Crippen LogP contribution < -0.4 is 0 Å². The first-order valence-corrected chi connectivity index (χ1v) is 4.05. The van der Waals surface area contributed by atoms with Gasteiger partial charge in [0.05, 0.1) is 18.1 Å². The van der Waals surface area contributed by atoms with E-state index >= 15 is 0 Å². The Bertz CT molecular complexity index is 435. The van der Waals surface area contributed by atoms with Crippen molar-refractivity contribution in [2.75, 3.05) is 0 Å². The number of hydrogen-bond acceptors (Lipinski definition) is 4. The molecule has 0 fully saturated rings. The van der Waals surface area contributed by atoms with Gasteiger partial charge >= 0.3 is 0 Å². The standard InChI is InChI=1S/C9H8N4O/c14-10-6-8-7-13(12-11-8)9-4-2-1-3-5-9/h1-7,14H/b10-6-. The normalized spacial score (nSPS) is 10.9. The highest BCUT2D eigenvalue weighted by molar-refractivity contribution is 5.75. The van der Waals surface area contributed by atoms with Crippen molar-refractivity contribution in [3.63, 3.8) is 0 Å². The molecule has 1 aromatic heterocycles. The van der Waals surface area contributed by atoms with Gasteiger partial charge in [-0.05, 0) is 12.1 Å². The number of nitrogens with zero attached hydrogens (tertiary/aromatic N) is 4. The molecule has 5 nitrogen and oxygen atoms in total. The van der Waals surface area contributed by atoms with Gasteiger partial charge in [-0.25, -0.2) is 4.68 Å². The van der Waals surface area contributed by atoms with Gasteiger partial charge in [0.1, 0.15) is 5.69 Å². The molecule has 0 saturated carbocycles. The zero-order valence-electron chi connectivity index (χ0n) is 7.28. The summed E-state index contributed by atoms with van der Waals surface area (Å²) in [6, 6.07) is 9.58. The highest BCUT2D eigenvalue weighted by Gasteiger charge is 1.99. The average Bonchev–Trinajstić information content (AvgIpc) is 2.68. The number of para-hydroxylation sites is 1. The predicted octanol–water partition coefficient (Wildman–Crippen LogP) is 1.08. The van der Waals surface area contributed by atoms with Gasteiger partial charge in [0.2, 0.25) is 0 Å². The third-order valence-corrected chi connectivity index (χ3v) is 1.72. The van der Waals surface area contributed by atoms with Crippen molar-refractivity contribution in [2.24, 2.45) is 5.16 Å². The van der Waals surface area contributed by atoms with E-state index in [1.807, 2.05) is 30.3 Å². The SMILES string of the molecule is O/N=C\c1cn(-c2ccccc2)nn1. The minimum Gasteiger partial charge on any atom is -0.411 e. The van der Waals surface area contributed by atoms with Crippen LogP contribution in [0.3, 0.4) is 0 Å². The van der Waals surface area contributed by atoms with Gasteiger partial charge in [-0.3, -0.25) is 0 Å². The Morgan fingerprint density at radius 3 is 2.79 bits per heavy atom. The van der Waals surface area contributed by atoms with Gasteiger partial charge in [0, 0.05) is 0 Å². The number of rotatable bonds is 2. The van der Waals surface area contributed by atoms with Crippen LogP contribution in [0.1, 0.15) is 5.69 Å². The fraction of sp³-hybridized carbons (Fsp3) is 0. The van der Waals surface area contributed by atoms with Crippen LogP contribution in [0.4, 0.5) is 0 Å². The molecule has 0 spiro atoms. The Hall–Kier alpha value is -2.17. The van der Waals surface area contributed by atoms with Crippen LogP contribution in [0.2, 0.25) is 0 Å².